The van der Waals surface area contributed by atoms with Gasteiger partial charge < -0.3 is 5.73 Å². The summed E-state index contributed by atoms with van der Waals surface area (Å²) >= 11 is 4.70. The third-order valence-electron chi connectivity index (χ3n) is 1.30. The quantitative estimate of drug-likeness (QED) is 0.424. The van der Waals surface area contributed by atoms with Crippen LogP contribution < -0.4 is 16.6 Å². The number of nitrogens with one attached hydrogen (secondary N) is 2. The lowest BCUT2D eigenvalue weighted by molar-refractivity contribution is 0.219. The summed E-state index contributed by atoms with van der Waals surface area (Å²) in [7, 11) is 3.54. The molecule has 0 aliphatic carbocycles. The normalized spacial score (nSPS) is 12.1. The maximum Gasteiger partial charge on any atom is 0.213 e. The highest BCUT2D eigenvalue weighted by molar-refractivity contribution is 9.11. The van der Waals surface area contributed by atoms with Gasteiger partial charge in [0.1, 0.15) is 0 Å². The Balaban J connectivity index is 2.59. The molecule has 1 rings (SSSR count). The predicted octanol–water partition coefficient (Wildman–Crippen LogP) is 0.423. The summed E-state index contributed by atoms with van der Waals surface area (Å²) in [6, 6.07) is 0. The van der Waals surface area contributed by atoms with E-state index >= 15 is 0 Å². The Morgan fingerprint density at radius 3 is 3.00 bits per heavy atom. The van der Waals surface area contributed by atoms with Crippen molar-refractivity contribution in [1.82, 2.24) is 21.0 Å². The van der Waals surface area contributed by atoms with Gasteiger partial charge in [-0.2, -0.15) is 10.1 Å². The number of aliphatic imine (C=N–C) groups is 1. The summed E-state index contributed by atoms with van der Waals surface area (Å²) in [6.07, 6.45) is 1.68. The van der Waals surface area contributed by atoms with E-state index in [2.05, 4.69) is 36.8 Å². The number of nitrogens with zero attached hydrogens (tertiary/aromatic N) is 3. The monoisotopic (exact) mass is 278 g/mol. The lowest BCUT2D eigenvalue weighted by atomic mass is 10.9. The van der Waals surface area contributed by atoms with Gasteiger partial charge in [-0.25, -0.2) is 10.4 Å². The van der Waals surface area contributed by atoms with Crippen LogP contribution in [0.25, 0.3) is 0 Å². The van der Waals surface area contributed by atoms with Gasteiger partial charge >= 0.3 is 0 Å². The topological polar surface area (TPSA) is 78.6 Å². The molecule has 0 unspecified atom stereocenters. The molecule has 6 nitrogen and oxygen atoms in total. The van der Waals surface area contributed by atoms with Gasteiger partial charge in [-0.1, -0.05) is 11.3 Å². The molecular weight excluding hydrogens is 268 g/mol. The molecular formula is C6H11BrN6S. The molecule has 0 aliphatic heterocycles. The predicted molar refractivity (Wildman–Crippen MR) is 61.1 cm³/mol. The largest absolute Gasteiger partial charge is 0.368 e. The summed E-state index contributed by atoms with van der Waals surface area (Å²) in [5.74, 6) is 0.281. The standard InChI is InChI=1S/C6H11BrN6S/c1-9-13(2)12-5(8)11-6-10-3-4(7)14-6/h3,9H,1-2H3,(H3,8,10,11,12). The molecule has 14 heavy (non-hydrogen) atoms. The SMILES string of the molecule is CNN(C)NC(N)=Nc1ncc(Br)s1. The van der Waals surface area contributed by atoms with E-state index in [0.717, 1.165) is 3.79 Å². The molecule has 0 bridgehead atoms. The van der Waals surface area contributed by atoms with E-state index in [1.54, 1.807) is 25.4 Å². The molecule has 0 atom stereocenters. The first-order valence-corrected chi connectivity index (χ1v) is 5.36. The van der Waals surface area contributed by atoms with Crippen molar-refractivity contribution >= 4 is 38.4 Å². The van der Waals surface area contributed by atoms with Crippen molar-refractivity contribution in [2.24, 2.45) is 10.7 Å². The molecule has 0 fully saturated rings. The number of nitrogens with two attached hydrogens (primary N) is 1. The van der Waals surface area contributed by atoms with Gasteiger partial charge in [0.05, 0.1) is 9.98 Å². The van der Waals surface area contributed by atoms with Gasteiger partial charge in [0.25, 0.3) is 0 Å². The van der Waals surface area contributed by atoms with Crippen molar-refractivity contribution in [1.29, 1.82) is 0 Å². The number of rotatable bonds is 3. The van der Waals surface area contributed by atoms with E-state index in [0.29, 0.717) is 5.13 Å². The zero-order valence-electron chi connectivity index (χ0n) is 7.78. The second-order valence-corrected chi connectivity index (χ2v) is 4.73. The van der Waals surface area contributed by atoms with E-state index in [1.165, 1.54) is 11.3 Å². The fourth-order valence-electron chi connectivity index (χ4n) is 0.653. The first kappa shape index (κ1) is 11.4. The number of hydrazine groups is 2. The summed E-state index contributed by atoms with van der Waals surface area (Å²) in [5.41, 5.74) is 11.2. The minimum Gasteiger partial charge on any atom is -0.368 e. The second kappa shape index (κ2) is 5.25. The Kier molecular flexibility index (Phi) is 4.26. The van der Waals surface area contributed by atoms with Gasteiger partial charge in [0.15, 0.2) is 0 Å². The number of guanidine groups is 1. The molecule has 4 N–H and O–H groups in total. The van der Waals surface area contributed by atoms with Gasteiger partial charge in [-0.3, -0.25) is 5.43 Å². The number of thiazole rings is 1. The third-order valence-corrected chi connectivity index (χ3v) is 2.67. The summed E-state index contributed by atoms with van der Waals surface area (Å²) < 4.78 is 0.922. The molecule has 8 heteroatoms. The van der Waals surface area contributed by atoms with Crippen molar-refractivity contribution in [2.75, 3.05) is 14.1 Å². The Bertz CT molecular complexity index is 324. The highest BCUT2D eigenvalue weighted by atomic mass is 79.9. The van der Waals surface area contributed by atoms with Crippen LogP contribution in [-0.2, 0) is 0 Å². The zero-order chi connectivity index (χ0) is 10.6. The van der Waals surface area contributed by atoms with E-state index < -0.39 is 0 Å². The lowest BCUT2D eigenvalue weighted by Gasteiger charge is -2.15. The van der Waals surface area contributed by atoms with Crippen LogP contribution in [0.3, 0.4) is 0 Å². The van der Waals surface area contributed by atoms with Crippen LogP contribution in [0.4, 0.5) is 5.13 Å². The van der Waals surface area contributed by atoms with Crippen LogP contribution in [0.1, 0.15) is 0 Å². The van der Waals surface area contributed by atoms with Crippen molar-refractivity contribution in [3.05, 3.63) is 9.98 Å². The van der Waals surface area contributed by atoms with Crippen LogP contribution in [0.2, 0.25) is 0 Å². The van der Waals surface area contributed by atoms with E-state index in [4.69, 9.17) is 5.73 Å². The molecule has 0 aromatic carbocycles. The smallest absolute Gasteiger partial charge is 0.213 e. The van der Waals surface area contributed by atoms with Crippen molar-refractivity contribution in [2.45, 2.75) is 0 Å². The minimum absolute atomic E-state index is 0.281. The Morgan fingerprint density at radius 1 is 1.79 bits per heavy atom. The summed E-state index contributed by atoms with van der Waals surface area (Å²) in [6.45, 7) is 0. The fraction of sp³-hybridized carbons (Fsp3) is 0.333. The van der Waals surface area contributed by atoms with Crippen molar-refractivity contribution in [3.8, 4) is 0 Å². The molecule has 78 valence electrons. The molecule has 0 spiro atoms. The molecule has 0 amide bonds. The molecule has 0 saturated heterocycles. The van der Waals surface area contributed by atoms with Crippen LogP contribution in [0.5, 0.6) is 0 Å². The van der Waals surface area contributed by atoms with Gasteiger partial charge in [-0.15, -0.1) is 0 Å². The van der Waals surface area contributed by atoms with Gasteiger partial charge in [0, 0.05) is 14.1 Å². The highest BCUT2D eigenvalue weighted by Crippen LogP contribution is 2.25. The second-order valence-electron chi connectivity index (χ2n) is 2.34. The Morgan fingerprint density at radius 2 is 2.50 bits per heavy atom. The van der Waals surface area contributed by atoms with E-state index in [9.17, 15) is 0 Å². The maximum atomic E-state index is 5.60. The molecule has 0 radical (unpaired) electrons. The molecule has 1 aromatic heterocycles. The number of halogens is 1. The first-order chi connectivity index (χ1) is 6.61. The minimum atomic E-state index is 0.281. The summed E-state index contributed by atoms with van der Waals surface area (Å²) in [5, 5.41) is 2.19. The fourth-order valence-corrected chi connectivity index (χ4v) is 1.72. The van der Waals surface area contributed by atoms with Crippen molar-refractivity contribution in [3.63, 3.8) is 0 Å². The highest BCUT2D eigenvalue weighted by Gasteiger charge is 1.99. The lowest BCUT2D eigenvalue weighted by Crippen LogP contribution is -2.49. The molecule has 0 saturated carbocycles. The maximum absolute atomic E-state index is 5.60. The number of hydrogen-bond acceptors (Lipinski definition) is 5. The summed E-state index contributed by atoms with van der Waals surface area (Å²) in [4.78, 5) is 8.06. The number of hydrogen-bond donors (Lipinski definition) is 3. The molecule has 1 aromatic rings. The molecule has 0 aliphatic rings. The van der Waals surface area contributed by atoms with E-state index in [1.807, 2.05) is 0 Å². The van der Waals surface area contributed by atoms with Gasteiger partial charge in [-0.05, 0) is 15.9 Å². The average Bonchev–Trinajstić information content (AvgIpc) is 2.50. The Hall–Kier alpha value is -0.700. The van der Waals surface area contributed by atoms with Crippen LogP contribution in [-0.4, -0.2) is 30.2 Å². The van der Waals surface area contributed by atoms with Crippen LogP contribution >= 0.6 is 27.3 Å². The first-order valence-electron chi connectivity index (χ1n) is 3.75. The number of aromatic nitrogens is 1. The average molecular weight is 279 g/mol. The molecule has 1 heterocycles. The van der Waals surface area contributed by atoms with Crippen LogP contribution in [0, 0.1) is 0 Å². The Labute approximate surface area is 94.3 Å². The zero-order valence-corrected chi connectivity index (χ0v) is 10.2. The van der Waals surface area contributed by atoms with Gasteiger partial charge in [0.2, 0.25) is 11.1 Å². The third kappa shape index (κ3) is 3.58. The van der Waals surface area contributed by atoms with Crippen LogP contribution in [0.15, 0.2) is 15.0 Å². The van der Waals surface area contributed by atoms with Crippen molar-refractivity contribution < 1.29 is 0 Å². The van der Waals surface area contributed by atoms with E-state index in [-0.39, 0.29) is 5.96 Å².